The van der Waals surface area contributed by atoms with Gasteiger partial charge in [-0.1, -0.05) is 38.7 Å². The minimum absolute atomic E-state index is 0.308. The Morgan fingerprint density at radius 3 is 2.36 bits per heavy atom. The maximum Gasteiger partial charge on any atom is 0.123 e. The molecule has 14 heavy (non-hydrogen) atoms. The van der Waals surface area contributed by atoms with Crippen LogP contribution in [-0.4, -0.2) is 6.29 Å². The summed E-state index contributed by atoms with van der Waals surface area (Å²) in [5, 5.41) is 0. The lowest BCUT2D eigenvalue weighted by molar-refractivity contribution is -0.111. The predicted octanol–water partition coefficient (Wildman–Crippen LogP) is 4.13. The van der Waals surface area contributed by atoms with Crippen LogP contribution in [-0.2, 0) is 4.79 Å². The lowest BCUT2D eigenvalue weighted by Gasteiger charge is -2.05. The molecular weight excluding hydrogens is 172 g/mol. The summed E-state index contributed by atoms with van der Waals surface area (Å²) in [6, 6.07) is 0. The highest BCUT2D eigenvalue weighted by Crippen LogP contribution is 2.13. The van der Waals surface area contributed by atoms with Crippen molar-refractivity contribution in [2.24, 2.45) is 5.92 Å². The first-order valence-corrected chi connectivity index (χ1v) is 5.91. The molecule has 0 bridgehead atoms. The molecule has 0 aliphatic rings. The van der Waals surface area contributed by atoms with Gasteiger partial charge in [0.2, 0.25) is 0 Å². The van der Waals surface area contributed by atoms with Crippen LogP contribution in [0.1, 0.15) is 58.3 Å². The average molecular weight is 196 g/mol. The van der Waals surface area contributed by atoms with E-state index in [9.17, 15) is 4.79 Å². The van der Waals surface area contributed by atoms with E-state index in [0.29, 0.717) is 5.92 Å². The van der Waals surface area contributed by atoms with Crippen molar-refractivity contribution in [3.63, 3.8) is 0 Å². The molecular formula is C13H24O. The molecule has 0 radical (unpaired) electrons. The van der Waals surface area contributed by atoms with Crippen molar-refractivity contribution < 1.29 is 4.79 Å². The summed E-state index contributed by atoms with van der Waals surface area (Å²) in [7, 11) is 0. The summed E-state index contributed by atoms with van der Waals surface area (Å²) < 4.78 is 0. The summed E-state index contributed by atoms with van der Waals surface area (Å²) in [6.45, 7) is 5.79. The number of hydrogen-bond acceptors (Lipinski definition) is 1. The van der Waals surface area contributed by atoms with Crippen molar-refractivity contribution in [2.75, 3.05) is 0 Å². The first-order valence-electron chi connectivity index (χ1n) is 5.91. The molecule has 1 heteroatoms. The number of aldehydes is 1. The van der Waals surface area contributed by atoms with E-state index in [2.05, 4.69) is 13.5 Å². The Hall–Kier alpha value is -0.590. The van der Waals surface area contributed by atoms with E-state index in [1.54, 1.807) is 0 Å². The lowest BCUT2D eigenvalue weighted by atomic mass is 9.99. The van der Waals surface area contributed by atoms with Crippen LogP contribution in [0.4, 0.5) is 0 Å². The van der Waals surface area contributed by atoms with Crippen LogP contribution in [0.2, 0.25) is 0 Å². The molecule has 0 fully saturated rings. The monoisotopic (exact) mass is 196 g/mol. The fourth-order valence-electron chi connectivity index (χ4n) is 1.59. The molecule has 0 aromatic heterocycles. The molecule has 0 amide bonds. The molecule has 0 rings (SSSR count). The first-order chi connectivity index (χ1) is 6.85. The van der Waals surface area contributed by atoms with Crippen LogP contribution in [0, 0.1) is 5.92 Å². The number of carbonyl (C=O) groups excluding carboxylic acids is 1. The highest BCUT2D eigenvalue weighted by atomic mass is 16.1. The van der Waals surface area contributed by atoms with Crippen LogP contribution >= 0.6 is 0 Å². The first kappa shape index (κ1) is 13.4. The van der Waals surface area contributed by atoms with Gasteiger partial charge < -0.3 is 4.79 Å². The Kier molecular flexibility index (Phi) is 10.0. The van der Waals surface area contributed by atoms with Gasteiger partial charge in [0.1, 0.15) is 6.29 Å². The normalized spacial score (nSPS) is 12.4. The molecule has 1 unspecified atom stereocenters. The van der Waals surface area contributed by atoms with E-state index in [1.807, 2.05) is 6.08 Å². The van der Waals surface area contributed by atoms with Crippen LogP contribution in [0.15, 0.2) is 12.7 Å². The summed E-state index contributed by atoms with van der Waals surface area (Å²) in [5.74, 6) is 0.308. The minimum Gasteiger partial charge on any atom is -0.303 e. The Bertz CT molecular complexity index is 140. The highest BCUT2D eigenvalue weighted by Gasteiger charge is 2.02. The third kappa shape index (κ3) is 8.03. The van der Waals surface area contributed by atoms with Crippen molar-refractivity contribution >= 4 is 6.29 Å². The number of rotatable bonds is 10. The quantitative estimate of drug-likeness (QED) is 0.292. The molecule has 1 nitrogen and oxygen atoms in total. The third-order valence-electron chi connectivity index (χ3n) is 2.70. The van der Waals surface area contributed by atoms with Crippen molar-refractivity contribution in [3.05, 3.63) is 12.7 Å². The summed E-state index contributed by atoms with van der Waals surface area (Å²) >= 11 is 0. The van der Waals surface area contributed by atoms with Gasteiger partial charge in [0.25, 0.3) is 0 Å². The van der Waals surface area contributed by atoms with Crippen LogP contribution < -0.4 is 0 Å². The van der Waals surface area contributed by atoms with Gasteiger partial charge in [0.05, 0.1) is 0 Å². The van der Waals surface area contributed by atoms with E-state index >= 15 is 0 Å². The predicted molar refractivity (Wildman–Crippen MR) is 62.4 cm³/mol. The topological polar surface area (TPSA) is 17.1 Å². The zero-order valence-electron chi connectivity index (χ0n) is 9.50. The number of hydrogen-bond donors (Lipinski definition) is 0. The number of carbonyl (C=O) groups is 1. The summed E-state index contributed by atoms with van der Waals surface area (Å²) in [4.78, 5) is 10.5. The molecule has 0 aromatic rings. The fraction of sp³-hybridized carbons (Fsp3) is 0.769. The van der Waals surface area contributed by atoms with E-state index in [1.165, 1.54) is 32.1 Å². The maximum atomic E-state index is 10.5. The molecule has 82 valence electrons. The van der Waals surface area contributed by atoms with Gasteiger partial charge in [0, 0.05) is 5.92 Å². The molecule has 0 N–H and O–H groups in total. The second-order valence-corrected chi connectivity index (χ2v) is 3.94. The Morgan fingerprint density at radius 2 is 1.79 bits per heavy atom. The SMILES string of the molecule is C=CCCCCCCCC(C=O)CC. The Labute approximate surface area is 88.6 Å². The fourth-order valence-corrected chi connectivity index (χ4v) is 1.59. The van der Waals surface area contributed by atoms with Crippen LogP contribution in [0.5, 0.6) is 0 Å². The largest absolute Gasteiger partial charge is 0.303 e. The number of unbranched alkanes of at least 4 members (excludes halogenated alkanes) is 5. The van der Waals surface area contributed by atoms with Crippen LogP contribution in [0.3, 0.4) is 0 Å². The molecule has 0 saturated carbocycles. The van der Waals surface area contributed by atoms with Crippen molar-refractivity contribution in [1.82, 2.24) is 0 Å². The standard InChI is InChI=1S/C13H24O/c1-3-5-6-7-8-9-10-11-13(4-2)12-14/h3,12-13H,1,4-11H2,2H3. The molecule has 0 aromatic carbocycles. The van der Waals surface area contributed by atoms with E-state index in [-0.39, 0.29) is 0 Å². The smallest absolute Gasteiger partial charge is 0.123 e. The van der Waals surface area contributed by atoms with Gasteiger partial charge in [-0.15, -0.1) is 6.58 Å². The minimum atomic E-state index is 0.308. The van der Waals surface area contributed by atoms with Gasteiger partial charge in [-0.2, -0.15) is 0 Å². The molecule has 0 spiro atoms. The summed E-state index contributed by atoms with van der Waals surface area (Å²) in [6.07, 6.45) is 12.7. The van der Waals surface area contributed by atoms with Gasteiger partial charge >= 0.3 is 0 Å². The summed E-state index contributed by atoms with van der Waals surface area (Å²) in [5.41, 5.74) is 0. The second-order valence-electron chi connectivity index (χ2n) is 3.94. The average Bonchev–Trinajstić information content (AvgIpc) is 2.22. The maximum absolute atomic E-state index is 10.5. The Morgan fingerprint density at radius 1 is 1.14 bits per heavy atom. The Balaban J connectivity index is 3.12. The molecule has 1 atom stereocenters. The van der Waals surface area contributed by atoms with Crippen LogP contribution in [0.25, 0.3) is 0 Å². The zero-order valence-corrected chi connectivity index (χ0v) is 9.50. The van der Waals surface area contributed by atoms with E-state index in [4.69, 9.17) is 0 Å². The molecule has 0 saturated heterocycles. The van der Waals surface area contributed by atoms with Gasteiger partial charge in [0.15, 0.2) is 0 Å². The lowest BCUT2D eigenvalue weighted by Crippen LogP contribution is -1.99. The van der Waals surface area contributed by atoms with Crippen molar-refractivity contribution in [3.8, 4) is 0 Å². The molecule has 0 aliphatic heterocycles. The second kappa shape index (κ2) is 10.5. The number of allylic oxidation sites excluding steroid dienone is 1. The van der Waals surface area contributed by atoms with Gasteiger partial charge in [-0.3, -0.25) is 0 Å². The zero-order chi connectivity index (χ0) is 10.6. The molecule has 0 heterocycles. The third-order valence-corrected chi connectivity index (χ3v) is 2.70. The van der Waals surface area contributed by atoms with E-state index < -0.39 is 0 Å². The van der Waals surface area contributed by atoms with Gasteiger partial charge in [-0.05, 0) is 25.7 Å². The van der Waals surface area contributed by atoms with E-state index in [0.717, 1.165) is 25.5 Å². The highest BCUT2D eigenvalue weighted by molar-refractivity contribution is 5.53. The van der Waals surface area contributed by atoms with Crippen molar-refractivity contribution in [2.45, 2.75) is 58.3 Å². The van der Waals surface area contributed by atoms with Crippen molar-refractivity contribution in [1.29, 1.82) is 0 Å². The molecule has 0 aliphatic carbocycles. The van der Waals surface area contributed by atoms with Gasteiger partial charge in [-0.25, -0.2) is 0 Å².